The molecule has 1 unspecified atom stereocenters. The Balaban J connectivity index is 3.63. The highest BCUT2D eigenvalue weighted by molar-refractivity contribution is 7.46. The predicted molar refractivity (Wildman–Crippen MR) is 32.7 cm³/mol. The fourth-order valence-corrected chi connectivity index (χ4v) is 0.650. The molecule has 1 atom stereocenters. The molecule has 0 amide bonds. The molecule has 0 aromatic rings. The highest BCUT2D eigenvalue weighted by Crippen LogP contribution is 2.36. The average Bonchev–Trinajstić information content (AvgIpc) is 1.63. The topological polar surface area (TPSA) is 83.8 Å². The van der Waals surface area contributed by atoms with Gasteiger partial charge >= 0.3 is 7.82 Å². The van der Waals surface area contributed by atoms with E-state index in [0.29, 0.717) is 0 Å². The molecule has 0 bridgehead atoms. The number of rotatable bonds is 3. The highest BCUT2D eigenvalue weighted by atomic mass is 31.2. The lowest BCUT2D eigenvalue weighted by molar-refractivity contribution is 0.259. The average molecular weight is 172 g/mol. The van der Waals surface area contributed by atoms with Gasteiger partial charge in [0, 0.05) is 5.82 Å². The summed E-state index contributed by atoms with van der Waals surface area (Å²) in [5.74, 6) is 1.04. The monoisotopic (exact) mass is 172 g/mol. The third-order valence-corrected chi connectivity index (χ3v) is 1.07. The van der Waals surface area contributed by atoms with E-state index in [9.17, 15) is 9.13 Å². The molecule has 0 fully saturated rings. The maximum Gasteiger partial charge on any atom is 0.524 e. The SMILES string of the molecule is O=[PH2]C=COP(=O)(O)O. The molecule has 0 rings (SSSR count). The van der Waals surface area contributed by atoms with Gasteiger partial charge in [0.1, 0.15) is 0 Å². The summed E-state index contributed by atoms with van der Waals surface area (Å²) in [7, 11) is -5.56. The summed E-state index contributed by atoms with van der Waals surface area (Å²) in [6, 6.07) is 0. The first-order chi connectivity index (χ1) is 4.06. The maximum atomic E-state index is 9.83. The van der Waals surface area contributed by atoms with E-state index in [1.54, 1.807) is 0 Å². The molecule has 0 radical (unpaired) electrons. The Morgan fingerprint density at radius 3 is 2.44 bits per heavy atom. The van der Waals surface area contributed by atoms with Gasteiger partial charge in [-0.15, -0.1) is 0 Å². The van der Waals surface area contributed by atoms with E-state index in [1.165, 1.54) is 0 Å². The van der Waals surface area contributed by atoms with Crippen LogP contribution in [0.2, 0.25) is 0 Å². The van der Waals surface area contributed by atoms with Gasteiger partial charge in [-0.3, -0.25) is 9.79 Å². The minimum Gasteiger partial charge on any atom is -0.412 e. The molecule has 0 heterocycles. The van der Waals surface area contributed by atoms with Gasteiger partial charge in [-0.1, -0.05) is 0 Å². The van der Waals surface area contributed by atoms with E-state index in [2.05, 4.69) is 4.52 Å². The Morgan fingerprint density at radius 1 is 1.56 bits per heavy atom. The van der Waals surface area contributed by atoms with Crippen LogP contribution in [0.3, 0.4) is 0 Å². The molecule has 0 aromatic heterocycles. The van der Waals surface area contributed by atoms with Crippen LogP contribution in [0.15, 0.2) is 12.1 Å². The maximum absolute atomic E-state index is 9.83. The lowest BCUT2D eigenvalue weighted by Crippen LogP contribution is -1.76. The zero-order valence-corrected chi connectivity index (χ0v) is 6.35. The van der Waals surface area contributed by atoms with Crippen molar-refractivity contribution in [2.45, 2.75) is 0 Å². The van der Waals surface area contributed by atoms with Crippen LogP contribution in [0.1, 0.15) is 0 Å². The van der Waals surface area contributed by atoms with E-state index < -0.39 is 16.3 Å². The smallest absolute Gasteiger partial charge is 0.412 e. The molecule has 9 heavy (non-hydrogen) atoms. The summed E-state index contributed by atoms with van der Waals surface area (Å²) in [5, 5.41) is 0. The number of hydrogen-bond acceptors (Lipinski definition) is 3. The van der Waals surface area contributed by atoms with Crippen LogP contribution < -0.4 is 0 Å². The van der Waals surface area contributed by atoms with Crippen LogP contribution in [-0.4, -0.2) is 9.79 Å². The number of phosphoric acid groups is 1. The van der Waals surface area contributed by atoms with Gasteiger partial charge < -0.3 is 9.09 Å². The van der Waals surface area contributed by atoms with Crippen LogP contribution in [0, 0.1) is 0 Å². The largest absolute Gasteiger partial charge is 0.524 e. The summed E-state index contributed by atoms with van der Waals surface area (Å²) < 4.78 is 23.3. The fraction of sp³-hybridized carbons (Fsp3) is 0. The van der Waals surface area contributed by atoms with Crippen molar-refractivity contribution < 1.29 is 23.4 Å². The van der Waals surface area contributed by atoms with E-state index in [0.717, 1.165) is 12.1 Å². The Morgan fingerprint density at radius 2 is 2.11 bits per heavy atom. The summed E-state index contributed by atoms with van der Waals surface area (Å²) >= 11 is 0. The van der Waals surface area contributed by atoms with Crippen molar-refractivity contribution in [1.29, 1.82) is 0 Å². The van der Waals surface area contributed by atoms with Crippen LogP contribution >= 0.6 is 16.3 Å². The lowest BCUT2D eigenvalue weighted by atomic mass is 11.2. The molecule has 7 heteroatoms. The molecule has 0 aliphatic heterocycles. The third-order valence-electron chi connectivity index (χ3n) is 0.355. The van der Waals surface area contributed by atoms with Crippen molar-refractivity contribution in [3.8, 4) is 0 Å². The van der Waals surface area contributed by atoms with Crippen LogP contribution in [-0.2, 0) is 13.7 Å². The Hall–Kier alpha value is -0.0800. The molecular formula is C2H6O5P2. The van der Waals surface area contributed by atoms with Gasteiger partial charge in [0.15, 0.2) is 0 Å². The highest BCUT2D eigenvalue weighted by Gasteiger charge is 2.10. The molecular weight excluding hydrogens is 166 g/mol. The van der Waals surface area contributed by atoms with Crippen molar-refractivity contribution in [3.05, 3.63) is 12.1 Å². The van der Waals surface area contributed by atoms with E-state index >= 15 is 0 Å². The van der Waals surface area contributed by atoms with Gasteiger partial charge in [0.2, 0.25) is 0 Å². The molecule has 54 valence electrons. The van der Waals surface area contributed by atoms with Crippen LogP contribution in [0.25, 0.3) is 0 Å². The summed E-state index contributed by atoms with van der Waals surface area (Å²) in [5.41, 5.74) is 0. The fourth-order valence-electron chi connectivity index (χ4n) is 0.146. The summed E-state index contributed by atoms with van der Waals surface area (Å²) in [4.78, 5) is 16.0. The van der Waals surface area contributed by atoms with E-state index in [1.807, 2.05) is 0 Å². The Bertz CT molecular complexity index is 156. The van der Waals surface area contributed by atoms with Crippen LogP contribution in [0.4, 0.5) is 0 Å². The first-order valence-electron chi connectivity index (χ1n) is 1.90. The molecule has 0 saturated carbocycles. The zero-order chi connectivity index (χ0) is 7.33. The zero-order valence-electron chi connectivity index (χ0n) is 4.30. The molecule has 0 saturated heterocycles. The number of phosphoric ester groups is 1. The van der Waals surface area contributed by atoms with Gasteiger partial charge in [0.25, 0.3) is 0 Å². The first kappa shape index (κ1) is 8.92. The molecule has 0 aliphatic rings. The second-order valence-corrected chi connectivity index (χ2v) is 2.91. The van der Waals surface area contributed by atoms with Crippen molar-refractivity contribution in [1.82, 2.24) is 0 Å². The van der Waals surface area contributed by atoms with Gasteiger partial charge in [-0.05, 0) is 0 Å². The van der Waals surface area contributed by atoms with Crippen molar-refractivity contribution in [2.24, 2.45) is 0 Å². The van der Waals surface area contributed by atoms with Crippen molar-refractivity contribution in [3.63, 3.8) is 0 Å². The van der Waals surface area contributed by atoms with Gasteiger partial charge in [-0.25, -0.2) is 4.57 Å². The van der Waals surface area contributed by atoms with Crippen LogP contribution in [0.5, 0.6) is 0 Å². The quantitative estimate of drug-likeness (QED) is 0.473. The third kappa shape index (κ3) is 7.92. The summed E-state index contributed by atoms with van der Waals surface area (Å²) in [6.45, 7) is 0. The normalized spacial score (nSPS) is 13.6. The first-order valence-corrected chi connectivity index (χ1v) is 4.57. The van der Waals surface area contributed by atoms with E-state index in [4.69, 9.17) is 9.79 Å². The van der Waals surface area contributed by atoms with Gasteiger partial charge in [-0.2, -0.15) is 0 Å². The molecule has 0 aromatic carbocycles. The molecule has 2 N–H and O–H groups in total. The second kappa shape index (κ2) is 3.85. The minimum atomic E-state index is -4.41. The van der Waals surface area contributed by atoms with E-state index in [-0.39, 0.29) is 0 Å². The molecule has 0 spiro atoms. The molecule has 0 aliphatic carbocycles. The predicted octanol–water partition coefficient (Wildman–Crippen LogP) is 0.323. The lowest BCUT2D eigenvalue weighted by Gasteiger charge is -1.97. The number of hydrogen-bond donors (Lipinski definition) is 2. The molecule has 5 nitrogen and oxygen atoms in total. The van der Waals surface area contributed by atoms with Crippen molar-refractivity contribution >= 4 is 16.3 Å². The summed E-state index contributed by atoms with van der Waals surface area (Å²) in [6.07, 6.45) is 0.725. The van der Waals surface area contributed by atoms with Crippen molar-refractivity contribution in [2.75, 3.05) is 0 Å². The Labute approximate surface area is 52.8 Å². The van der Waals surface area contributed by atoms with Gasteiger partial charge in [0.05, 0.1) is 14.7 Å². The Kier molecular flexibility index (Phi) is 3.82. The second-order valence-electron chi connectivity index (χ2n) is 1.06. The standard InChI is InChI=1S/C2H6O5P2/c3-8-2-1-7-9(4,5)6/h1-2H,8H2,(H2,4,5,6). The minimum absolute atomic E-state index is 0.725.